The zero-order chi connectivity index (χ0) is 13.8. The number of halogens is 2. The van der Waals surface area contributed by atoms with Crippen molar-refractivity contribution in [1.29, 1.82) is 0 Å². The fraction of sp³-hybridized carbons (Fsp3) is 0.455. The summed E-state index contributed by atoms with van der Waals surface area (Å²) in [5.41, 5.74) is 0. The molecule has 0 aromatic heterocycles. The van der Waals surface area contributed by atoms with Gasteiger partial charge < -0.3 is 5.11 Å². The van der Waals surface area contributed by atoms with Gasteiger partial charge in [-0.1, -0.05) is 11.6 Å². The van der Waals surface area contributed by atoms with Crippen LogP contribution in [0.5, 0.6) is 0 Å². The molecular formula is C11H15ClFNO3S. The van der Waals surface area contributed by atoms with Gasteiger partial charge in [0.1, 0.15) is 10.7 Å². The molecule has 4 nitrogen and oxygen atoms in total. The molecule has 1 aromatic rings. The number of hydrogen-bond acceptors (Lipinski definition) is 3. The van der Waals surface area contributed by atoms with Gasteiger partial charge in [-0.3, -0.25) is 0 Å². The lowest BCUT2D eigenvalue weighted by Gasteiger charge is -2.09. The number of rotatable bonds is 6. The maximum absolute atomic E-state index is 13.0. The standard InChI is InChI=1S/C11H15ClFNO3S/c1-8(15)3-2-6-14-18(16,17)11-7-9(13)4-5-10(11)12/h4-5,7-8,14-15H,2-3,6H2,1H3. The smallest absolute Gasteiger partial charge is 0.242 e. The summed E-state index contributed by atoms with van der Waals surface area (Å²) in [6, 6.07) is 3.16. The lowest BCUT2D eigenvalue weighted by Crippen LogP contribution is -2.25. The molecule has 0 amide bonds. The van der Waals surface area contributed by atoms with Gasteiger partial charge in [-0.15, -0.1) is 0 Å². The molecule has 0 bridgehead atoms. The molecule has 0 aliphatic carbocycles. The third-order valence-electron chi connectivity index (χ3n) is 2.27. The van der Waals surface area contributed by atoms with Crippen LogP contribution in [-0.2, 0) is 10.0 Å². The van der Waals surface area contributed by atoms with Gasteiger partial charge in [-0.25, -0.2) is 17.5 Å². The molecule has 1 aromatic carbocycles. The minimum atomic E-state index is -3.81. The predicted molar refractivity (Wildman–Crippen MR) is 67.5 cm³/mol. The quantitative estimate of drug-likeness (QED) is 0.788. The van der Waals surface area contributed by atoms with Crippen molar-refractivity contribution in [3.8, 4) is 0 Å². The fourth-order valence-electron chi connectivity index (χ4n) is 1.36. The number of aliphatic hydroxyl groups excluding tert-OH is 1. The van der Waals surface area contributed by atoms with Gasteiger partial charge in [-0.05, 0) is 38.0 Å². The van der Waals surface area contributed by atoms with Crippen LogP contribution < -0.4 is 4.72 Å². The first kappa shape index (κ1) is 15.4. The molecule has 0 saturated carbocycles. The van der Waals surface area contributed by atoms with Crippen molar-refractivity contribution in [1.82, 2.24) is 4.72 Å². The van der Waals surface area contributed by atoms with E-state index in [1.54, 1.807) is 6.92 Å². The summed E-state index contributed by atoms with van der Waals surface area (Å²) in [6.45, 7) is 1.79. The van der Waals surface area contributed by atoms with Crippen LogP contribution in [0.25, 0.3) is 0 Å². The maximum atomic E-state index is 13.0. The van der Waals surface area contributed by atoms with E-state index in [9.17, 15) is 12.8 Å². The molecule has 0 spiro atoms. The van der Waals surface area contributed by atoms with Crippen molar-refractivity contribution < 1.29 is 17.9 Å². The number of nitrogens with one attached hydrogen (secondary N) is 1. The Morgan fingerprint density at radius 3 is 2.78 bits per heavy atom. The average Bonchev–Trinajstić information content (AvgIpc) is 2.27. The number of sulfonamides is 1. The lowest BCUT2D eigenvalue weighted by atomic mass is 10.2. The second-order valence-corrected chi connectivity index (χ2v) is 6.11. The first-order chi connectivity index (χ1) is 8.33. The van der Waals surface area contributed by atoms with Crippen LogP contribution in [0, 0.1) is 5.82 Å². The molecule has 0 saturated heterocycles. The van der Waals surface area contributed by atoms with Crippen molar-refractivity contribution in [3.05, 3.63) is 29.0 Å². The van der Waals surface area contributed by atoms with Gasteiger partial charge in [0.05, 0.1) is 11.1 Å². The highest BCUT2D eigenvalue weighted by atomic mass is 35.5. The van der Waals surface area contributed by atoms with E-state index >= 15 is 0 Å². The summed E-state index contributed by atoms with van der Waals surface area (Å²) in [6.07, 6.45) is 0.496. The highest BCUT2D eigenvalue weighted by Crippen LogP contribution is 2.21. The van der Waals surface area contributed by atoms with Crippen LogP contribution >= 0.6 is 11.6 Å². The molecule has 0 heterocycles. The predicted octanol–water partition coefficient (Wildman–Crippen LogP) is 1.92. The van der Waals surface area contributed by atoms with Crippen LogP contribution in [0.4, 0.5) is 4.39 Å². The van der Waals surface area contributed by atoms with Crippen LogP contribution in [0.1, 0.15) is 19.8 Å². The minimum Gasteiger partial charge on any atom is -0.393 e. The molecule has 18 heavy (non-hydrogen) atoms. The van der Waals surface area contributed by atoms with Crippen molar-refractivity contribution in [2.24, 2.45) is 0 Å². The Labute approximate surface area is 111 Å². The van der Waals surface area contributed by atoms with Crippen molar-refractivity contribution in [3.63, 3.8) is 0 Å². The lowest BCUT2D eigenvalue weighted by molar-refractivity contribution is 0.182. The number of benzene rings is 1. The highest BCUT2D eigenvalue weighted by molar-refractivity contribution is 7.89. The van der Waals surface area contributed by atoms with Gasteiger partial charge in [0.2, 0.25) is 10.0 Å². The van der Waals surface area contributed by atoms with Crippen molar-refractivity contribution in [2.45, 2.75) is 30.8 Å². The summed E-state index contributed by atoms with van der Waals surface area (Å²) in [5, 5.41) is 9.00. The Morgan fingerprint density at radius 2 is 2.17 bits per heavy atom. The summed E-state index contributed by atoms with van der Waals surface area (Å²) in [4.78, 5) is -0.277. The first-order valence-corrected chi connectivity index (χ1v) is 7.32. The molecule has 102 valence electrons. The van der Waals surface area contributed by atoms with E-state index in [4.69, 9.17) is 16.7 Å². The minimum absolute atomic E-state index is 0.0283. The Bertz CT molecular complexity index is 505. The molecule has 1 atom stereocenters. The van der Waals surface area contributed by atoms with E-state index in [0.717, 1.165) is 12.1 Å². The van der Waals surface area contributed by atoms with E-state index in [-0.39, 0.29) is 16.5 Å². The normalized spacial score (nSPS) is 13.6. The third-order valence-corrected chi connectivity index (χ3v) is 4.22. The summed E-state index contributed by atoms with van der Waals surface area (Å²) in [7, 11) is -3.81. The van der Waals surface area contributed by atoms with Crippen LogP contribution in [0.15, 0.2) is 23.1 Å². The van der Waals surface area contributed by atoms with Gasteiger partial charge in [0, 0.05) is 6.54 Å². The molecule has 0 radical (unpaired) electrons. The van der Waals surface area contributed by atoms with Gasteiger partial charge in [0.15, 0.2) is 0 Å². The van der Waals surface area contributed by atoms with Gasteiger partial charge >= 0.3 is 0 Å². The Morgan fingerprint density at radius 1 is 1.50 bits per heavy atom. The van der Waals surface area contributed by atoms with E-state index in [1.807, 2.05) is 0 Å². The topological polar surface area (TPSA) is 66.4 Å². The largest absolute Gasteiger partial charge is 0.393 e. The van der Waals surface area contributed by atoms with Crippen LogP contribution in [-0.4, -0.2) is 26.2 Å². The van der Waals surface area contributed by atoms with Crippen LogP contribution in [0.3, 0.4) is 0 Å². The summed E-state index contributed by atoms with van der Waals surface area (Å²) in [5.74, 6) is -0.663. The summed E-state index contributed by atoms with van der Waals surface area (Å²) >= 11 is 5.72. The molecule has 0 aliphatic heterocycles. The van der Waals surface area contributed by atoms with E-state index < -0.39 is 21.9 Å². The maximum Gasteiger partial charge on any atom is 0.242 e. The first-order valence-electron chi connectivity index (χ1n) is 5.45. The molecular weight excluding hydrogens is 281 g/mol. The fourth-order valence-corrected chi connectivity index (χ4v) is 2.95. The number of hydrogen-bond donors (Lipinski definition) is 2. The molecule has 1 rings (SSSR count). The second-order valence-electron chi connectivity index (χ2n) is 3.96. The molecule has 2 N–H and O–H groups in total. The molecule has 0 aliphatic rings. The Hall–Kier alpha value is -0.690. The number of aliphatic hydroxyl groups is 1. The van der Waals surface area contributed by atoms with Gasteiger partial charge in [0.25, 0.3) is 0 Å². The molecule has 7 heteroatoms. The SMILES string of the molecule is CC(O)CCCNS(=O)(=O)c1cc(F)ccc1Cl. The zero-order valence-electron chi connectivity index (χ0n) is 9.86. The highest BCUT2D eigenvalue weighted by Gasteiger charge is 2.18. The molecule has 1 unspecified atom stereocenters. The van der Waals surface area contributed by atoms with Crippen molar-refractivity contribution >= 4 is 21.6 Å². The average molecular weight is 296 g/mol. The monoisotopic (exact) mass is 295 g/mol. The van der Waals surface area contributed by atoms with E-state index in [1.165, 1.54) is 6.07 Å². The summed E-state index contributed by atoms with van der Waals surface area (Å²) < 4.78 is 38.9. The molecule has 0 fully saturated rings. The van der Waals surface area contributed by atoms with E-state index in [2.05, 4.69) is 4.72 Å². The Balaban J connectivity index is 2.71. The third kappa shape index (κ3) is 4.53. The zero-order valence-corrected chi connectivity index (χ0v) is 11.4. The van der Waals surface area contributed by atoms with Crippen LogP contribution in [0.2, 0.25) is 5.02 Å². The second kappa shape index (κ2) is 6.47. The Kier molecular flexibility index (Phi) is 5.52. The van der Waals surface area contributed by atoms with Crippen molar-refractivity contribution in [2.75, 3.05) is 6.54 Å². The van der Waals surface area contributed by atoms with Gasteiger partial charge in [-0.2, -0.15) is 0 Å². The van der Waals surface area contributed by atoms with E-state index in [0.29, 0.717) is 12.8 Å².